The lowest BCUT2D eigenvalue weighted by molar-refractivity contribution is -0.384. The van der Waals surface area contributed by atoms with Gasteiger partial charge in [-0.2, -0.15) is 0 Å². The molecule has 0 aliphatic carbocycles. The largest absolute Gasteiger partial charge is 0.491 e. The van der Waals surface area contributed by atoms with Crippen LogP contribution >= 0.6 is 0 Å². The molecule has 0 N–H and O–H groups in total. The average molecular weight is 262 g/mol. The number of ether oxygens (including phenoxy) is 1. The fourth-order valence-electron chi connectivity index (χ4n) is 1.66. The average Bonchev–Trinajstić information content (AvgIpc) is 2.83. The standard InChI is InChI=1S/C12H14N4O3/c1-9(2)19-12-4-3-11(16(17)18)7-10(12)8-15-6-5-13-14-15/h3-7,9H,8H2,1-2H3. The summed E-state index contributed by atoms with van der Waals surface area (Å²) in [5, 5.41) is 18.4. The molecule has 0 saturated heterocycles. The van der Waals surface area contributed by atoms with Gasteiger partial charge in [-0.3, -0.25) is 10.1 Å². The summed E-state index contributed by atoms with van der Waals surface area (Å²) in [5.74, 6) is 0.621. The van der Waals surface area contributed by atoms with Crippen molar-refractivity contribution in [3.8, 4) is 5.75 Å². The van der Waals surface area contributed by atoms with Gasteiger partial charge in [0.2, 0.25) is 0 Å². The molecule has 0 fully saturated rings. The third kappa shape index (κ3) is 3.27. The fourth-order valence-corrected chi connectivity index (χ4v) is 1.66. The SMILES string of the molecule is CC(C)Oc1ccc([N+](=O)[O-])cc1Cn1ccnn1. The number of nitrogens with zero attached hydrogens (tertiary/aromatic N) is 4. The number of aromatic nitrogens is 3. The van der Waals surface area contributed by atoms with E-state index in [0.717, 1.165) is 0 Å². The summed E-state index contributed by atoms with van der Waals surface area (Å²) >= 11 is 0. The first-order valence-corrected chi connectivity index (χ1v) is 5.84. The van der Waals surface area contributed by atoms with E-state index in [4.69, 9.17) is 4.74 Å². The van der Waals surface area contributed by atoms with E-state index >= 15 is 0 Å². The van der Waals surface area contributed by atoms with Crippen LogP contribution < -0.4 is 4.74 Å². The van der Waals surface area contributed by atoms with E-state index in [-0.39, 0.29) is 11.8 Å². The van der Waals surface area contributed by atoms with Crippen LogP contribution in [0.2, 0.25) is 0 Å². The minimum Gasteiger partial charge on any atom is -0.491 e. The molecule has 0 saturated carbocycles. The van der Waals surface area contributed by atoms with Crippen molar-refractivity contribution >= 4 is 5.69 Å². The molecular formula is C12H14N4O3. The molecule has 0 amide bonds. The Bertz CT molecular complexity index is 566. The number of non-ortho nitro benzene ring substituents is 1. The summed E-state index contributed by atoms with van der Waals surface area (Å²) in [7, 11) is 0. The zero-order chi connectivity index (χ0) is 13.8. The van der Waals surface area contributed by atoms with Crippen LogP contribution in [0, 0.1) is 10.1 Å². The molecule has 1 aromatic carbocycles. The van der Waals surface area contributed by atoms with E-state index in [1.165, 1.54) is 12.1 Å². The zero-order valence-corrected chi connectivity index (χ0v) is 10.7. The first-order chi connectivity index (χ1) is 9.06. The van der Waals surface area contributed by atoms with Crippen molar-refractivity contribution in [2.45, 2.75) is 26.5 Å². The monoisotopic (exact) mass is 262 g/mol. The predicted octanol–water partition coefficient (Wildman–Crippen LogP) is 2.02. The van der Waals surface area contributed by atoms with E-state index in [0.29, 0.717) is 17.9 Å². The molecule has 100 valence electrons. The van der Waals surface area contributed by atoms with E-state index in [2.05, 4.69) is 10.3 Å². The van der Waals surface area contributed by atoms with Crippen molar-refractivity contribution < 1.29 is 9.66 Å². The first-order valence-electron chi connectivity index (χ1n) is 5.84. The van der Waals surface area contributed by atoms with Crippen molar-refractivity contribution in [3.05, 3.63) is 46.3 Å². The van der Waals surface area contributed by atoms with Gasteiger partial charge in [0.05, 0.1) is 23.8 Å². The highest BCUT2D eigenvalue weighted by Crippen LogP contribution is 2.25. The van der Waals surface area contributed by atoms with E-state index in [1.54, 1.807) is 23.1 Å². The van der Waals surface area contributed by atoms with Crippen LogP contribution in [0.25, 0.3) is 0 Å². The van der Waals surface area contributed by atoms with E-state index in [1.807, 2.05) is 13.8 Å². The summed E-state index contributed by atoms with van der Waals surface area (Å²) in [4.78, 5) is 10.4. The summed E-state index contributed by atoms with van der Waals surface area (Å²) in [6, 6.07) is 4.55. The summed E-state index contributed by atoms with van der Waals surface area (Å²) in [5.41, 5.74) is 0.736. The van der Waals surface area contributed by atoms with Gasteiger partial charge < -0.3 is 4.74 Å². The minimum atomic E-state index is -0.427. The molecule has 0 aliphatic heterocycles. The molecule has 0 aliphatic rings. The van der Waals surface area contributed by atoms with Crippen molar-refractivity contribution in [1.82, 2.24) is 15.0 Å². The highest BCUT2D eigenvalue weighted by molar-refractivity contribution is 5.44. The number of hydrogen-bond donors (Lipinski definition) is 0. The molecular weight excluding hydrogens is 248 g/mol. The zero-order valence-electron chi connectivity index (χ0n) is 10.7. The lowest BCUT2D eigenvalue weighted by Crippen LogP contribution is -2.10. The molecule has 7 heteroatoms. The molecule has 2 aromatic rings. The number of rotatable bonds is 5. The first kappa shape index (κ1) is 13.0. The summed E-state index contributed by atoms with van der Waals surface area (Å²) in [6.45, 7) is 4.19. The summed E-state index contributed by atoms with van der Waals surface area (Å²) in [6.07, 6.45) is 3.24. The maximum absolute atomic E-state index is 10.8. The van der Waals surface area contributed by atoms with Crippen LogP contribution in [0.5, 0.6) is 5.75 Å². The number of hydrogen-bond acceptors (Lipinski definition) is 5. The Morgan fingerprint density at radius 1 is 1.47 bits per heavy atom. The lowest BCUT2D eigenvalue weighted by atomic mass is 10.1. The van der Waals surface area contributed by atoms with Gasteiger partial charge in [-0.25, -0.2) is 4.68 Å². The van der Waals surface area contributed by atoms with Crippen molar-refractivity contribution in [1.29, 1.82) is 0 Å². The van der Waals surface area contributed by atoms with Crippen LogP contribution in [-0.4, -0.2) is 26.0 Å². The third-order valence-electron chi connectivity index (χ3n) is 2.42. The fraction of sp³-hybridized carbons (Fsp3) is 0.333. The normalized spacial score (nSPS) is 10.7. The van der Waals surface area contributed by atoms with Crippen LogP contribution in [0.4, 0.5) is 5.69 Å². The van der Waals surface area contributed by atoms with Gasteiger partial charge >= 0.3 is 0 Å². The molecule has 7 nitrogen and oxygen atoms in total. The van der Waals surface area contributed by atoms with Gasteiger partial charge in [0.1, 0.15) is 5.75 Å². The molecule has 2 rings (SSSR count). The Morgan fingerprint density at radius 2 is 2.26 bits per heavy atom. The second kappa shape index (κ2) is 5.47. The van der Waals surface area contributed by atoms with Crippen LogP contribution in [-0.2, 0) is 6.54 Å². The smallest absolute Gasteiger partial charge is 0.270 e. The Balaban J connectivity index is 2.34. The molecule has 0 atom stereocenters. The Labute approximate surface area is 110 Å². The van der Waals surface area contributed by atoms with Gasteiger partial charge in [-0.05, 0) is 19.9 Å². The molecule has 0 unspecified atom stereocenters. The van der Waals surface area contributed by atoms with Crippen molar-refractivity contribution in [3.63, 3.8) is 0 Å². The van der Waals surface area contributed by atoms with Crippen molar-refractivity contribution in [2.75, 3.05) is 0 Å². The lowest BCUT2D eigenvalue weighted by Gasteiger charge is -2.14. The van der Waals surface area contributed by atoms with Crippen LogP contribution in [0.3, 0.4) is 0 Å². The number of nitro groups is 1. The second-order valence-electron chi connectivity index (χ2n) is 4.32. The quantitative estimate of drug-likeness (QED) is 0.608. The second-order valence-corrected chi connectivity index (χ2v) is 4.32. The van der Waals surface area contributed by atoms with Gasteiger partial charge in [0, 0.05) is 23.9 Å². The van der Waals surface area contributed by atoms with E-state index < -0.39 is 4.92 Å². The van der Waals surface area contributed by atoms with E-state index in [9.17, 15) is 10.1 Å². The number of benzene rings is 1. The third-order valence-corrected chi connectivity index (χ3v) is 2.42. The maximum Gasteiger partial charge on any atom is 0.270 e. The Morgan fingerprint density at radius 3 is 2.84 bits per heavy atom. The molecule has 0 bridgehead atoms. The number of nitro benzene ring substituents is 1. The topological polar surface area (TPSA) is 83.1 Å². The molecule has 1 heterocycles. The molecule has 0 spiro atoms. The highest BCUT2D eigenvalue weighted by atomic mass is 16.6. The Hall–Kier alpha value is -2.44. The highest BCUT2D eigenvalue weighted by Gasteiger charge is 2.13. The molecule has 1 aromatic heterocycles. The van der Waals surface area contributed by atoms with Crippen LogP contribution in [0.1, 0.15) is 19.4 Å². The van der Waals surface area contributed by atoms with Crippen LogP contribution in [0.15, 0.2) is 30.6 Å². The summed E-state index contributed by atoms with van der Waals surface area (Å²) < 4.78 is 7.23. The maximum atomic E-state index is 10.8. The van der Waals surface area contributed by atoms with Gasteiger partial charge in [0.25, 0.3) is 5.69 Å². The predicted molar refractivity (Wildman–Crippen MR) is 68.0 cm³/mol. The molecule has 19 heavy (non-hydrogen) atoms. The molecule has 0 radical (unpaired) electrons. The van der Waals surface area contributed by atoms with Gasteiger partial charge in [-0.1, -0.05) is 5.21 Å². The minimum absolute atomic E-state index is 0.00375. The van der Waals surface area contributed by atoms with Gasteiger partial charge in [-0.15, -0.1) is 5.10 Å². The van der Waals surface area contributed by atoms with Gasteiger partial charge in [0.15, 0.2) is 0 Å². The Kier molecular flexibility index (Phi) is 3.74. The van der Waals surface area contributed by atoms with Crippen molar-refractivity contribution in [2.24, 2.45) is 0 Å².